The van der Waals surface area contributed by atoms with Gasteiger partial charge in [0.2, 0.25) is 5.91 Å². The first-order valence-electron chi connectivity index (χ1n) is 6.25. The third-order valence-corrected chi connectivity index (χ3v) is 2.69. The van der Waals surface area contributed by atoms with Gasteiger partial charge in [-0.1, -0.05) is 0 Å². The summed E-state index contributed by atoms with van der Waals surface area (Å²) < 4.78 is 7.73. The van der Waals surface area contributed by atoms with Crippen molar-refractivity contribution in [3.8, 4) is 11.8 Å². The van der Waals surface area contributed by atoms with Gasteiger partial charge < -0.3 is 10.1 Å². The first-order valence-corrected chi connectivity index (χ1v) is 6.25. The monoisotopic (exact) mass is 301 g/mol. The van der Waals surface area contributed by atoms with E-state index < -0.39 is 5.69 Å². The van der Waals surface area contributed by atoms with E-state index in [2.05, 4.69) is 25.7 Å². The average molecular weight is 301 g/mol. The van der Waals surface area contributed by atoms with Crippen LogP contribution in [-0.4, -0.2) is 35.5 Å². The molecule has 1 amide bonds. The highest BCUT2D eigenvalue weighted by Crippen LogP contribution is 2.19. The highest BCUT2D eigenvalue weighted by molar-refractivity contribution is 5.88. The Labute approximate surface area is 123 Å². The zero-order valence-electron chi connectivity index (χ0n) is 11.7. The highest BCUT2D eigenvalue weighted by Gasteiger charge is 2.10. The number of hydrogen-bond donors (Lipinski definition) is 1. The molecule has 0 aliphatic rings. The van der Waals surface area contributed by atoms with E-state index in [1.807, 2.05) is 0 Å². The number of benzene rings is 1. The summed E-state index contributed by atoms with van der Waals surface area (Å²) in [5.41, 5.74) is -0.00455. The first-order chi connectivity index (χ1) is 10.5. The molecule has 10 nitrogen and oxygen atoms in total. The van der Waals surface area contributed by atoms with Crippen LogP contribution < -0.4 is 15.7 Å². The molecule has 0 radical (unpaired) electrons. The van der Waals surface area contributed by atoms with Crippen molar-refractivity contribution >= 4 is 17.4 Å². The molecule has 112 valence electrons. The van der Waals surface area contributed by atoms with E-state index in [4.69, 9.17) is 4.74 Å². The van der Waals surface area contributed by atoms with Gasteiger partial charge in [-0.05, 0) is 34.7 Å². The fourth-order valence-corrected chi connectivity index (χ4v) is 1.76. The maximum Gasteiger partial charge on any atom is 0.377 e. The second-order valence-corrected chi connectivity index (χ2v) is 4.41. The second-order valence-electron chi connectivity index (χ2n) is 4.41. The lowest BCUT2D eigenvalue weighted by atomic mass is 10.3. The third kappa shape index (κ3) is 2.61. The van der Waals surface area contributed by atoms with Crippen molar-refractivity contribution in [2.24, 2.45) is 7.05 Å². The molecule has 0 fully saturated rings. The Morgan fingerprint density at radius 3 is 2.59 bits per heavy atom. The fourth-order valence-electron chi connectivity index (χ4n) is 1.76. The Hall–Kier alpha value is -3.30. The van der Waals surface area contributed by atoms with Gasteiger partial charge in [0.25, 0.3) is 5.78 Å². The number of nitrogens with one attached hydrogen (secondary N) is 1. The summed E-state index contributed by atoms with van der Waals surface area (Å²) in [6.45, 7) is 1.42. The molecule has 1 aromatic carbocycles. The number of fused-ring (bicyclic) bond motifs is 1. The summed E-state index contributed by atoms with van der Waals surface area (Å²) in [7, 11) is 1.60. The minimum Gasteiger partial charge on any atom is -0.424 e. The first kappa shape index (κ1) is 13.7. The smallest absolute Gasteiger partial charge is 0.377 e. The zero-order chi connectivity index (χ0) is 15.7. The number of aryl methyl sites for hydroxylation is 1. The Morgan fingerprint density at radius 2 is 1.91 bits per heavy atom. The number of anilines is 1. The van der Waals surface area contributed by atoms with Crippen LogP contribution in [0.2, 0.25) is 0 Å². The van der Waals surface area contributed by atoms with Crippen molar-refractivity contribution < 1.29 is 9.53 Å². The third-order valence-electron chi connectivity index (χ3n) is 2.69. The van der Waals surface area contributed by atoms with Crippen molar-refractivity contribution in [2.45, 2.75) is 6.92 Å². The van der Waals surface area contributed by atoms with Gasteiger partial charge in [-0.3, -0.25) is 4.79 Å². The number of ether oxygens (including phenoxy) is 1. The van der Waals surface area contributed by atoms with Crippen LogP contribution in [0.25, 0.3) is 5.78 Å². The van der Waals surface area contributed by atoms with E-state index in [-0.39, 0.29) is 17.7 Å². The summed E-state index contributed by atoms with van der Waals surface area (Å²) in [6, 6.07) is 6.46. The predicted octanol–water partition coefficient (Wildman–Crippen LogP) is -0.0313. The van der Waals surface area contributed by atoms with Gasteiger partial charge in [-0.25, -0.2) is 9.48 Å². The van der Waals surface area contributed by atoms with Crippen LogP contribution in [0.3, 0.4) is 0 Å². The van der Waals surface area contributed by atoms with Crippen LogP contribution in [0.1, 0.15) is 6.92 Å². The fraction of sp³-hybridized carbons (Fsp3) is 0.167. The van der Waals surface area contributed by atoms with E-state index in [1.165, 1.54) is 11.6 Å². The van der Waals surface area contributed by atoms with Gasteiger partial charge in [0, 0.05) is 19.7 Å². The van der Waals surface area contributed by atoms with E-state index in [0.29, 0.717) is 11.4 Å². The molecule has 22 heavy (non-hydrogen) atoms. The molecular weight excluding hydrogens is 290 g/mol. The number of amides is 1. The van der Waals surface area contributed by atoms with Gasteiger partial charge in [-0.15, -0.1) is 9.50 Å². The van der Waals surface area contributed by atoms with E-state index in [9.17, 15) is 9.59 Å². The van der Waals surface area contributed by atoms with E-state index in [0.717, 1.165) is 4.52 Å². The van der Waals surface area contributed by atoms with Crippen molar-refractivity contribution in [2.75, 3.05) is 5.32 Å². The molecule has 3 aromatic rings. The lowest BCUT2D eigenvalue weighted by Crippen LogP contribution is -2.19. The normalized spacial score (nSPS) is 10.6. The summed E-state index contributed by atoms with van der Waals surface area (Å²) in [5.74, 6) is 0.469. The van der Waals surface area contributed by atoms with Crippen LogP contribution in [0, 0.1) is 0 Å². The van der Waals surface area contributed by atoms with Crippen LogP contribution in [0.15, 0.2) is 29.1 Å². The van der Waals surface area contributed by atoms with Crippen molar-refractivity contribution in [3.63, 3.8) is 0 Å². The number of hydrogen-bond acceptors (Lipinski definition) is 7. The van der Waals surface area contributed by atoms with Gasteiger partial charge >= 0.3 is 11.7 Å². The van der Waals surface area contributed by atoms with Gasteiger partial charge in [0.1, 0.15) is 5.75 Å². The maximum atomic E-state index is 11.7. The number of carbonyl (C=O) groups is 1. The molecule has 0 saturated carbocycles. The van der Waals surface area contributed by atoms with Gasteiger partial charge in [0.05, 0.1) is 0 Å². The summed E-state index contributed by atoms with van der Waals surface area (Å²) in [4.78, 5) is 30.4. The maximum absolute atomic E-state index is 11.7. The zero-order valence-corrected chi connectivity index (χ0v) is 11.7. The van der Waals surface area contributed by atoms with E-state index >= 15 is 0 Å². The Bertz CT molecular complexity index is 897. The number of rotatable bonds is 3. The Balaban J connectivity index is 1.88. The molecule has 2 heterocycles. The molecule has 0 bridgehead atoms. The summed E-state index contributed by atoms with van der Waals surface area (Å²) in [5, 5.41) is 9.91. The second kappa shape index (κ2) is 5.24. The number of tetrazole rings is 1. The minimum atomic E-state index is -0.636. The van der Waals surface area contributed by atoms with Crippen LogP contribution >= 0.6 is 0 Å². The Morgan fingerprint density at radius 1 is 1.18 bits per heavy atom. The largest absolute Gasteiger partial charge is 0.424 e. The standard InChI is InChI=1S/C12H11N7O3/c1-7(20)13-8-3-5-9(6-4-8)22-10-14-11-18(2)16-17-19(11)12(21)15-10/h3-6H,1-2H3,(H,13,20). The molecule has 2 aromatic heterocycles. The lowest BCUT2D eigenvalue weighted by Gasteiger charge is -2.05. The number of nitrogens with zero attached hydrogens (tertiary/aromatic N) is 6. The molecule has 1 N–H and O–H groups in total. The van der Waals surface area contributed by atoms with Gasteiger partial charge in [-0.2, -0.15) is 4.98 Å². The van der Waals surface area contributed by atoms with Crippen molar-refractivity contribution in [1.29, 1.82) is 0 Å². The summed E-state index contributed by atoms with van der Waals surface area (Å²) >= 11 is 0. The van der Waals surface area contributed by atoms with Crippen molar-refractivity contribution in [1.82, 2.24) is 29.6 Å². The molecule has 0 unspecified atom stereocenters. The SMILES string of the molecule is CC(=O)Nc1ccc(Oc2nc(=O)n3nnn(C)c3n2)cc1. The topological polar surface area (TPSA) is 116 Å². The minimum absolute atomic E-state index is 0.109. The van der Waals surface area contributed by atoms with Crippen molar-refractivity contribution in [3.05, 3.63) is 34.7 Å². The average Bonchev–Trinajstić information content (AvgIpc) is 2.83. The molecule has 0 saturated heterocycles. The number of aromatic nitrogens is 6. The molecule has 0 atom stereocenters. The molecule has 0 spiro atoms. The molecular formula is C12H11N7O3. The molecule has 0 aliphatic carbocycles. The molecule has 0 aliphatic heterocycles. The molecule has 10 heteroatoms. The van der Waals surface area contributed by atoms with Crippen LogP contribution in [-0.2, 0) is 11.8 Å². The summed E-state index contributed by atoms with van der Waals surface area (Å²) in [6.07, 6.45) is 0. The Kier molecular flexibility index (Phi) is 3.26. The van der Waals surface area contributed by atoms with Gasteiger partial charge in [0.15, 0.2) is 0 Å². The van der Waals surface area contributed by atoms with E-state index in [1.54, 1.807) is 31.3 Å². The quantitative estimate of drug-likeness (QED) is 0.722. The molecule has 3 rings (SSSR count). The predicted molar refractivity (Wildman–Crippen MR) is 74.6 cm³/mol. The lowest BCUT2D eigenvalue weighted by molar-refractivity contribution is -0.114. The highest BCUT2D eigenvalue weighted by atomic mass is 16.5. The van der Waals surface area contributed by atoms with Crippen LogP contribution in [0.4, 0.5) is 5.69 Å². The number of carbonyl (C=O) groups excluding carboxylic acids is 1. The van der Waals surface area contributed by atoms with Crippen LogP contribution in [0.5, 0.6) is 11.8 Å².